The Balaban J connectivity index is 2.23. The van der Waals surface area contributed by atoms with E-state index in [4.69, 9.17) is 23.2 Å². The second-order valence-corrected chi connectivity index (χ2v) is 5.30. The Bertz CT molecular complexity index is 750. The van der Waals surface area contributed by atoms with Crippen LogP contribution in [-0.2, 0) is 4.79 Å². The molecule has 0 heterocycles. The van der Waals surface area contributed by atoms with Crippen LogP contribution in [-0.4, -0.2) is 11.8 Å². The van der Waals surface area contributed by atoms with Gasteiger partial charge in [0.15, 0.2) is 0 Å². The summed E-state index contributed by atoms with van der Waals surface area (Å²) in [5.41, 5.74) is 0.580. The highest BCUT2D eigenvalue weighted by molar-refractivity contribution is 6.34. The van der Waals surface area contributed by atoms with Crippen LogP contribution >= 0.6 is 23.2 Å². The zero-order valence-corrected chi connectivity index (χ0v) is 12.9. The predicted octanol–water partition coefficient (Wildman–Crippen LogP) is 4.34. The summed E-state index contributed by atoms with van der Waals surface area (Å²) in [4.78, 5) is 23.1. The van der Waals surface area contributed by atoms with Crippen LogP contribution in [0, 0.1) is 5.82 Å². The van der Waals surface area contributed by atoms with Gasteiger partial charge in [-0.1, -0.05) is 23.2 Å². The van der Waals surface area contributed by atoms with Gasteiger partial charge in [0.2, 0.25) is 5.91 Å². The third-order valence-corrected chi connectivity index (χ3v) is 3.28. The monoisotopic (exact) mass is 340 g/mol. The van der Waals surface area contributed by atoms with E-state index in [0.717, 1.165) is 6.07 Å². The quantitative estimate of drug-likeness (QED) is 0.872. The van der Waals surface area contributed by atoms with Crippen molar-refractivity contribution in [2.75, 3.05) is 10.6 Å². The van der Waals surface area contributed by atoms with Crippen LogP contribution in [0.1, 0.15) is 17.3 Å². The van der Waals surface area contributed by atoms with Gasteiger partial charge in [-0.05, 0) is 36.4 Å². The number of hydrogen-bond donors (Lipinski definition) is 2. The van der Waals surface area contributed by atoms with Crippen LogP contribution < -0.4 is 10.6 Å². The van der Waals surface area contributed by atoms with Crippen molar-refractivity contribution in [2.45, 2.75) is 6.92 Å². The van der Waals surface area contributed by atoms with E-state index in [2.05, 4.69) is 10.6 Å². The Morgan fingerprint density at radius 1 is 1.05 bits per heavy atom. The Morgan fingerprint density at radius 3 is 2.41 bits per heavy atom. The molecular weight excluding hydrogens is 330 g/mol. The standard InChI is InChI=1S/C15H11Cl2FN2O2/c1-8(21)19-14-7-10(3-5-12(14)17)20-15(22)11-4-2-9(16)6-13(11)18/h2-7H,1H3,(H,19,21)(H,20,22). The topological polar surface area (TPSA) is 58.2 Å². The molecule has 7 heteroatoms. The molecule has 2 aromatic rings. The number of anilines is 2. The molecule has 2 amide bonds. The second-order valence-electron chi connectivity index (χ2n) is 4.45. The van der Waals surface area contributed by atoms with E-state index >= 15 is 0 Å². The number of rotatable bonds is 3. The van der Waals surface area contributed by atoms with Crippen LogP contribution in [0.25, 0.3) is 0 Å². The SMILES string of the molecule is CC(=O)Nc1cc(NC(=O)c2ccc(Cl)cc2F)ccc1Cl. The van der Waals surface area contributed by atoms with Gasteiger partial charge >= 0.3 is 0 Å². The van der Waals surface area contributed by atoms with Gasteiger partial charge in [0.05, 0.1) is 16.3 Å². The number of hydrogen-bond acceptors (Lipinski definition) is 2. The summed E-state index contributed by atoms with van der Waals surface area (Å²) in [5.74, 6) is -1.65. The molecule has 22 heavy (non-hydrogen) atoms. The summed E-state index contributed by atoms with van der Waals surface area (Å²) >= 11 is 11.6. The first-order chi connectivity index (χ1) is 10.4. The van der Waals surface area contributed by atoms with Crippen molar-refractivity contribution in [2.24, 2.45) is 0 Å². The maximum absolute atomic E-state index is 13.7. The third-order valence-electron chi connectivity index (χ3n) is 2.71. The first-order valence-corrected chi connectivity index (χ1v) is 6.96. The number of carbonyl (C=O) groups is 2. The summed E-state index contributed by atoms with van der Waals surface area (Å²) in [7, 11) is 0. The molecule has 114 valence electrons. The van der Waals surface area contributed by atoms with Crippen molar-refractivity contribution in [1.82, 2.24) is 0 Å². The molecule has 0 saturated carbocycles. The Hall–Kier alpha value is -2.11. The number of amides is 2. The van der Waals surface area contributed by atoms with E-state index < -0.39 is 11.7 Å². The van der Waals surface area contributed by atoms with E-state index in [1.54, 1.807) is 6.07 Å². The summed E-state index contributed by atoms with van der Waals surface area (Å²) in [6.45, 7) is 1.34. The van der Waals surface area contributed by atoms with Gasteiger partial charge in [-0.2, -0.15) is 0 Å². The molecule has 0 fully saturated rings. The lowest BCUT2D eigenvalue weighted by Gasteiger charge is -2.10. The fourth-order valence-electron chi connectivity index (χ4n) is 1.76. The summed E-state index contributed by atoms with van der Waals surface area (Å²) in [6, 6.07) is 8.30. The third kappa shape index (κ3) is 3.96. The Morgan fingerprint density at radius 2 is 1.77 bits per heavy atom. The van der Waals surface area contributed by atoms with Crippen LogP contribution in [0.15, 0.2) is 36.4 Å². The Kier molecular flexibility index (Phi) is 5.00. The van der Waals surface area contributed by atoms with Gasteiger partial charge in [-0.25, -0.2) is 4.39 Å². The summed E-state index contributed by atoms with van der Waals surface area (Å²) in [5, 5.41) is 5.59. The lowest BCUT2D eigenvalue weighted by Crippen LogP contribution is -2.14. The van der Waals surface area contributed by atoms with Crippen LogP contribution in [0.5, 0.6) is 0 Å². The number of halogens is 3. The van der Waals surface area contributed by atoms with E-state index in [-0.39, 0.29) is 16.5 Å². The molecule has 0 radical (unpaired) electrons. The molecule has 2 rings (SSSR count). The summed E-state index contributed by atoms with van der Waals surface area (Å²) < 4.78 is 13.7. The van der Waals surface area contributed by atoms with Gasteiger partial charge in [-0.3, -0.25) is 9.59 Å². The van der Waals surface area contributed by atoms with Crippen molar-refractivity contribution < 1.29 is 14.0 Å². The molecule has 0 unspecified atom stereocenters. The predicted molar refractivity (Wildman–Crippen MR) is 85.1 cm³/mol. The zero-order valence-electron chi connectivity index (χ0n) is 11.4. The highest BCUT2D eigenvalue weighted by Gasteiger charge is 2.13. The van der Waals surface area contributed by atoms with Gasteiger partial charge in [0.1, 0.15) is 5.82 Å². The van der Waals surface area contributed by atoms with E-state index in [9.17, 15) is 14.0 Å². The molecule has 4 nitrogen and oxygen atoms in total. The number of nitrogens with one attached hydrogen (secondary N) is 2. The van der Waals surface area contributed by atoms with Gasteiger partial charge < -0.3 is 10.6 Å². The van der Waals surface area contributed by atoms with Crippen molar-refractivity contribution in [3.8, 4) is 0 Å². The fourth-order valence-corrected chi connectivity index (χ4v) is 2.08. The number of carbonyl (C=O) groups excluding carboxylic acids is 2. The van der Waals surface area contributed by atoms with Gasteiger partial charge in [0.25, 0.3) is 5.91 Å². The molecule has 0 aliphatic heterocycles. The second kappa shape index (κ2) is 6.77. The molecular formula is C15H11Cl2FN2O2. The minimum absolute atomic E-state index is 0.138. The average molecular weight is 341 g/mol. The first kappa shape index (κ1) is 16.3. The highest BCUT2D eigenvalue weighted by Crippen LogP contribution is 2.26. The summed E-state index contributed by atoms with van der Waals surface area (Å²) in [6.07, 6.45) is 0. The minimum Gasteiger partial charge on any atom is -0.325 e. The highest BCUT2D eigenvalue weighted by atomic mass is 35.5. The smallest absolute Gasteiger partial charge is 0.258 e. The van der Waals surface area contributed by atoms with Crippen LogP contribution in [0.3, 0.4) is 0 Å². The van der Waals surface area contributed by atoms with E-state index in [1.807, 2.05) is 0 Å². The van der Waals surface area contributed by atoms with Crippen molar-refractivity contribution in [3.63, 3.8) is 0 Å². The van der Waals surface area contributed by atoms with Gasteiger partial charge in [-0.15, -0.1) is 0 Å². The van der Waals surface area contributed by atoms with Crippen molar-refractivity contribution >= 4 is 46.4 Å². The maximum atomic E-state index is 13.7. The molecule has 0 aromatic heterocycles. The van der Waals surface area contributed by atoms with Crippen molar-refractivity contribution in [1.29, 1.82) is 0 Å². The van der Waals surface area contributed by atoms with Crippen LogP contribution in [0.2, 0.25) is 10.0 Å². The van der Waals surface area contributed by atoms with E-state index in [1.165, 1.54) is 31.2 Å². The van der Waals surface area contributed by atoms with Crippen molar-refractivity contribution in [3.05, 3.63) is 57.8 Å². The molecule has 0 spiro atoms. The lowest BCUT2D eigenvalue weighted by atomic mass is 10.2. The number of benzene rings is 2. The molecule has 2 N–H and O–H groups in total. The Labute approximate surface area is 136 Å². The molecule has 0 atom stereocenters. The minimum atomic E-state index is -0.721. The molecule has 0 bridgehead atoms. The lowest BCUT2D eigenvalue weighted by molar-refractivity contribution is -0.114. The molecule has 0 aliphatic carbocycles. The maximum Gasteiger partial charge on any atom is 0.258 e. The average Bonchev–Trinajstić information content (AvgIpc) is 2.41. The zero-order chi connectivity index (χ0) is 16.3. The van der Waals surface area contributed by atoms with E-state index in [0.29, 0.717) is 16.4 Å². The van der Waals surface area contributed by atoms with Crippen LogP contribution in [0.4, 0.5) is 15.8 Å². The molecule has 0 saturated heterocycles. The molecule has 2 aromatic carbocycles. The first-order valence-electron chi connectivity index (χ1n) is 6.20. The largest absolute Gasteiger partial charge is 0.325 e. The fraction of sp³-hybridized carbons (Fsp3) is 0.0667. The normalized spacial score (nSPS) is 10.2. The molecule has 0 aliphatic rings. The van der Waals surface area contributed by atoms with Gasteiger partial charge in [0, 0.05) is 17.6 Å².